The molecule has 102 valence electrons. The highest BCUT2D eigenvalue weighted by Crippen LogP contribution is 2.28. The lowest BCUT2D eigenvalue weighted by molar-refractivity contribution is 0.0324. The minimum absolute atomic E-state index is 0.377. The van der Waals surface area contributed by atoms with Crippen molar-refractivity contribution in [1.82, 2.24) is 10.2 Å². The van der Waals surface area contributed by atoms with Crippen LogP contribution < -0.4 is 5.32 Å². The molecule has 0 aliphatic carbocycles. The van der Waals surface area contributed by atoms with E-state index < -0.39 is 0 Å². The Bertz CT molecular complexity index is 219. The summed E-state index contributed by atoms with van der Waals surface area (Å²) < 4.78 is 0. The van der Waals surface area contributed by atoms with Crippen molar-refractivity contribution in [3.8, 4) is 0 Å². The first-order valence-electron chi connectivity index (χ1n) is 7.39. The topological polar surface area (TPSA) is 15.3 Å². The molecule has 1 aliphatic heterocycles. The zero-order valence-electron chi connectivity index (χ0n) is 12.7. The predicted molar refractivity (Wildman–Crippen MR) is 76.4 cm³/mol. The Morgan fingerprint density at radius 2 is 1.94 bits per heavy atom. The predicted octanol–water partition coefficient (Wildman–Crippen LogP) is 3.27. The Morgan fingerprint density at radius 3 is 2.41 bits per heavy atom. The van der Waals surface area contributed by atoms with E-state index in [4.69, 9.17) is 0 Å². The lowest BCUT2D eigenvalue weighted by Gasteiger charge is -2.47. The van der Waals surface area contributed by atoms with Gasteiger partial charge in [0.2, 0.25) is 0 Å². The van der Waals surface area contributed by atoms with E-state index in [0.717, 1.165) is 6.04 Å². The van der Waals surface area contributed by atoms with Crippen molar-refractivity contribution in [2.24, 2.45) is 5.41 Å². The zero-order chi connectivity index (χ0) is 13.1. The summed E-state index contributed by atoms with van der Waals surface area (Å²) in [6.07, 6.45) is 3.85. The third-order valence-corrected chi connectivity index (χ3v) is 4.40. The molecule has 1 aliphatic rings. The highest BCUT2D eigenvalue weighted by Gasteiger charge is 2.34. The first-order valence-corrected chi connectivity index (χ1v) is 7.39. The molecule has 0 saturated carbocycles. The normalized spacial score (nSPS) is 29.3. The number of nitrogens with one attached hydrogen (secondary N) is 1. The Kier molecular flexibility index (Phi) is 5.46. The molecule has 0 radical (unpaired) electrons. The summed E-state index contributed by atoms with van der Waals surface area (Å²) in [5, 5.41) is 3.72. The molecular weight excluding hydrogens is 208 g/mol. The van der Waals surface area contributed by atoms with Crippen LogP contribution in [0.3, 0.4) is 0 Å². The van der Waals surface area contributed by atoms with Gasteiger partial charge in [0.05, 0.1) is 0 Å². The summed E-state index contributed by atoms with van der Waals surface area (Å²) in [5.41, 5.74) is 0.377. The molecule has 1 N–H and O–H groups in total. The number of nitrogens with zero attached hydrogens (tertiary/aromatic N) is 1. The number of hydrogen-bond donors (Lipinski definition) is 1. The van der Waals surface area contributed by atoms with Crippen LogP contribution in [0.25, 0.3) is 0 Å². The lowest BCUT2D eigenvalue weighted by atomic mass is 9.85. The molecule has 2 nitrogen and oxygen atoms in total. The van der Waals surface area contributed by atoms with E-state index in [0.29, 0.717) is 17.5 Å². The quantitative estimate of drug-likeness (QED) is 0.811. The maximum atomic E-state index is 3.72. The summed E-state index contributed by atoms with van der Waals surface area (Å²) in [5.74, 6) is 0. The van der Waals surface area contributed by atoms with Gasteiger partial charge in [0.25, 0.3) is 0 Å². The van der Waals surface area contributed by atoms with Crippen molar-refractivity contribution >= 4 is 0 Å². The molecule has 3 atom stereocenters. The van der Waals surface area contributed by atoms with E-state index >= 15 is 0 Å². The van der Waals surface area contributed by atoms with Crippen molar-refractivity contribution < 1.29 is 0 Å². The van der Waals surface area contributed by atoms with E-state index in [9.17, 15) is 0 Å². The van der Waals surface area contributed by atoms with Crippen LogP contribution >= 0.6 is 0 Å². The first-order chi connectivity index (χ1) is 7.90. The van der Waals surface area contributed by atoms with Crippen molar-refractivity contribution in [2.75, 3.05) is 13.1 Å². The smallest absolute Gasteiger partial charge is 0.0221 e. The fraction of sp³-hybridized carbons (Fsp3) is 1.00. The van der Waals surface area contributed by atoms with Crippen LogP contribution in [-0.4, -0.2) is 36.1 Å². The Balaban J connectivity index is 2.69. The van der Waals surface area contributed by atoms with E-state index in [2.05, 4.69) is 51.8 Å². The molecule has 1 rings (SSSR count). The molecule has 2 heteroatoms. The maximum Gasteiger partial charge on any atom is 0.0221 e. The Labute approximate surface area is 108 Å². The largest absolute Gasteiger partial charge is 0.311 e. The monoisotopic (exact) mass is 240 g/mol. The summed E-state index contributed by atoms with van der Waals surface area (Å²) in [6.45, 7) is 16.5. The second-order valence-electron chi connectivity index (χ2n) is 6.69. The molecule has 0 spiro atoms. The van der Waals surface area contributed by atoms with Crippen molar-refractivity contribution in [1.29, 1.82) is 0 Å². The second-order valence-corrected chi connectivity index (χ2v) is 6.69. The van der Waals surface area contributed by atoms with Crippen LogP contribution in [0, 0.1) is 5.41 Å². The SMILES string of the molecule is CCCC1CN(C(C)C(C)(C)C)C(CC)CN1. The van der Waals surface area contributed by atoms with Crippen LogP contribution in [0.2, 0.25) is 0 Å². The molecule has 1 fully saturated rings. The maximum absolute atomic E-state index is 3.72. The van der Waals surface area contributed by atoms with Crippen molar-refractivity contribution in [3.63, 3.8) is 0 Å². The summed E-state index contributed by atoms with van der Waals surface area (Å²) in [7, 11) is 0. The molecule has 0 bridgehead atoms. The van der Waals surface area contributed by atoms with Crippen LogP contribution in [0.1, 0.15) is 60.8 Å². The van der Waals surface area contributed by atoms with Crippen LogP contribution in [0.5, 0.6) is 0 Å². The van der Waals surface area contributed by atoms with Crippen LogP contribution in [0.15, 0.2) is 0 Å². The molecule has 0 aromatic carbocycles. The third kappa shape index (κ3) is 3.96. The van der Waals surface area contributed by atoms with Crippen molar-refractivity contribution in [2.45, 2.75) is 78.9 Å². The molecule has 17 heavy (non-hydrogen) atoms. The van der Waals surface area contributed by atoms with Crippen LogP contribution in [0.4, 0.5) is 0 Å². The molecule has 0 aromatic rings. The van der Waals surface area contributed by atoms with Gasteiger partial charge in [-0.15, -0.1) is 0 Å². The second kappa shape index (κ2) is 6.19. The Hall–Kier alpha value is -0.0800. The molecule has 0 amide bonds. The average molecular weight is 240 g/mol. The minimum atomic E-state index is 0.377. The van der Waals surface area contributed by atoms with Crippen molar-refractivity contribution in [3.05, 3.63) is 0 Å². The van der Waals surface area contributed by atoms with Gasteiger partial charge in [-0.3, -0.25) is 4.90 Å². The van der Waals surface area contributed by atoms with E-state index in [1.165, 1.54) is 32.4 Å². The fourth-order valence-electron chi connectivity index (χ4n) is 2.78. The lowest BCUT2D eigenvalue weighted by Crippen LogP contribution is -2.60. The van der Waals surface area contributed by atoms with E-state index in [1.807, 2.05) is 0 Å². The molecular formula is C15H32N2. The number of hydrogen-bond acceptors (Lipinski definition) is 2. The fourth-order valence-corrected chi connectivity index (χ4v) is 2.78. The van der Waals surface area contributed by atoms with E-state index in [1.54, 1.807) is 0 Å². The van der Waals surface area contributed by atoms with Gasteiger partial charge in [0.1, 0.15) is 0 Å². The Morgan fingerprint density at radius 1 is 1.29 bits per heavy atom. The minimum Gasteiger partial charge on any atom is -0.311 e. The highest BCUT2D eigenvalue weighted by atomic mass is 15.3. The van der Waals surface area contributed by atoms with Crippen LogP contribution in [-0.2, 0) is 0 Å². The molecule has 0 aromatic heterocycles. The molecule has 1 heterocycles. The number of piperazine rings is 1. The summed E-state index contributed by atoms with van der Waals surface area (Å²) in [4.78, 5) is 2.75. The van der Waals surface area contributed by atoms with Gasteiger partial charge in [-0.25, -0.2) is 0 Å². The van der Waals surface area contributed by atoms with Gasteiger partial charge >= 0.3 is 0 Å². The zero-order valence-corrected chi connectivity index (χ0v) is 12.7. The van der Waals surface area contributed by atoms with Gasteiger partial charge in [-0.2, -0.15) is 0 Å². The van der Waals surface area contributed by atoms with Gasteiger partial charge in [-0.05, 0) is 25.2 Å². The van der Waals surface area contributed by atoms with E-state index in [-0.39, 0.29) is 0 Å². The number of rotatable bonds is 4. The molecule has 3 unspecified atom stereocenters. The average Bonchev–Trinajstić information content (AvgIpc) is 2.27. The van der Waals surface area contributed by atoms with Gasteiger partial charge in [0.15, 0.2) is 0 Å². The van der Waals surface area contributed by atoms with Gasteiger partial charge < -0.3 is 5.32 Å². The molecule has 1 saturated heterocycles. The van der Waals surface area contributed by atoms with Gasteiger partial charge in [0, 0.05) is 31.2 Å². The third-order valence-electron chi connectivity index (χ3n) is 4.40. The summed E-state index contributed by atoms with van der Waals surface area (Å²) in [6, 6.07) is 2.08. The first kappa shape index (κ1) is 15.0. The van der Waals surface area contributed by atoms with Gasteiger partial charge in [-0.1, -0.05) is 41.0 Å². The highest BCUT2D eigenvalue weighted by molar-refractivity contribution is 4.91. The standard InChI is InChI=1S/C15H32N2/c1-7-9-13-11-17(12(3)15(4,5)6)14(8-2)10-16-13/h12-14,16H,7-11H2,1-6H3. The summed E-state index contributed by atoms with van der Waals surface area (Å²) >= 11 is 0.